The summed E-state index contributed by atoms with van der Waals surface area (Å²) < 4.78 is 25.4. The number of amides is 1. The van der Waals surface area contributed by atoms with Crippen LogP contribution in [0.2, 0.25) is 0 Å². The standard InChI is InChI=1S/C19H18N2O4S/c1-21(25-2)26(23,24)16-10-5-9-15(13-16)19(22)20-18-12-6-8-14-7-3-4-11-17(14)18/h3-13H,1-2H3,(H,20,22). The third-order valence-corrected chi connectivity index (χ3v) is 5.70. The molecule has 0 heterocycles. The molecule has 0 atom stereocenters. The number of nitrogens with one attached hydrogen (secondary N) is 1. The molecule has 0 aliphatic heterocycles. The third kappa shape index (κ3) is 3.45. The fourth-order valence-corrected chi connectivity index (χ4v) is 3.59. The van der Waals surface area contributed by atoms with Crippen LogP contribution in [0.1, 0.15) is 10.4 Å². The highest BCUT2D eigenvalue weighted by Crippen LogP contribution is 2.24. The van der Waals surface area contributed by atoms with Gasteiger partial charge in [-0.25, -0.2) is 8.42 Å². The van der Waals surface area contributed by atoms with Gasteiger partial charge in [-0.3, -0.25) is 9.63 Å². The summed E-state index contributed by atoms with van der Waals surface area (Å²) in [7, 11) is -1.27. The molecule has 0 radical (unpaired) electrons. The number of carbonyl (C=O) groups is 1. The number of benzene rings is 3. The molecule has 3 rings (SSSR count). The first-order chi connectivity index (χ1) is 12.4. The van der Waals surface area contributed by atoms with E-state index in [2.05, 4.69) is 5.32 Å². The van der Waals surface area contributed by atoms with Crippen LogP contribution in [0.5, 0.6) is 0 Å². The van der Waals surface area contributed by atoms with E-state index in [1.807, 2.05) is 36.4 Å². The number of nitrogens with zero attached hydrogens (tertiary/aromatic N) is 1. The zero-order valence-electron chi connectivity index (χ0n) is 14.3. The lowest BCUT2D eigenvalue weighted by Crippen LogP contribution is -2.26. The Bertz CT molecular complexity index is 1060. The molecule has 6 nitrogen and oxygen atoms in total. The van der Waals surface area contributed by atoms with Crippen molar-refractivity contribution >= 4 is 32.4 Å². The van der Waals surface area contributed by atoms with Crippen molar-refractivity contribution in [2.45, 2.75) is 4.90 Å². The molecule has 0 spiro atoms. The zero-order chi connectivity index (χ0) is 18.7. The molecule has 3 aromatic rings. The predicted molar refractivity (Wildman–Crippen MR) is 100 cm³/mol. The van der Waals surface area contributed by atoms with E-state index in [9.17, 15) is 13.2 Å². The molecule has 1 N–H and O–H groups in total. The van der Waals surface area contributed by atoms with Crippen molar-refractivity contribution in [3.05, 3.63) is 72.3 Å². The topological polar surface area (TPSA) is 75.7 Å². The first-order valence-electron chi connectivity index (χ1n) is 7.85. The van der Waals surface area contributed by atoms with E-state index in [4.69, 9.17) is 4.84 Å². The van der Waals surface area contributed by atoms with Crippen molar-refractivity contribution in [2.75, 3.05) is 19.5 Å². The van der Waals surface area contributed by atoms with E-state index in [1.54, 1.807) is 12.1 Å². The summed E-state index contributed by atoms with van der Waals surface area (Å²) in [5.41, 5.74) is 0.902. The van der Waals surface area contributed by atoms with Crippen molar-refractivity contribution in [3.8, 4) is 0 Å². The van der Waals surface area contributed by atoms with Gasteiger partial charge in [-0.15, -0.1) is 0 Å². The lowest BCUT2D eigenvalue weighted by atomic mass is 10.1. The molecule has 0 aliphatic rings. The van der Waals surface area contributed by atoms with Crippen LogP contribution >= 0.6 is 0 Å². The van der Waals surface area contributed by atoms with Gasteiger partial charge < -0.3 is 5.32 Å². The quantitative estimate of drug-likeness (QED) is 0.700. The number of sulfonamides is 1. The Balaban J connectivity index is 1.93. The van der Waals surface area contributed by atoms with Gasteiger partial charge in [0, 0.05) is 23.7 Å². The minimum Gasteiger partial charge on any atom is -0.321 e. The Morgan fingerprint density at radius 2 is 1.69 bits per heavy atom. The highest BCUT2D eigenvalue weighted by molar-refractivity contribution is 7.89. The van der Waals surface area contributed by atoms with E-state index in [-0.39, 0.29) is 10.5 Å². The number of hydrogen-bond acceptors (Lipinski definition) is 4. The Morgan fingerprint density at radius 1 is 1.00 bits per heavy atom. The fraction of sp³-hybridized carbons (Fsp3) is 0.105. The Morgan fingerprint density at radius 3 is 2.46 bits per heavy atom. The van der Waals surface area contributed by atoms with Crippen LogP contribution in [-0.2, 0) is 14.9 Å². The number of rotatable bonds is 5. The second kappa shape index (κ2) is 7.25. The van der Waals surface area contributed by atoms with Gasteiger partial charge in [0.1, 0.15) is 0 Å². The van der Waals surface area contributed by atoms with Gasteiger partial charge in [-0.05, 0) is 29.7 Å². The summed E-state index contributed by atoms with van der Waals surface area (Å²) in [5, 5.41) is 4.76. The van der Waals surface area contributed by atoms with Crippen LogP contribution in [0.15, 0.2) is 71.6 Å². The minimum atomic E-state index is -3.82. The van der Waals surface area contributed by atoms with E-state index < -0.39 is 15.9 Å². The first kappa shape index (κ1) is 18.1. The molecule has 7 heteroatoms. The highest BCUT2D eigenvalue weighted by Gasteiger charge is 2.22. The van der Waals surface area contributed by atoms with Crippen molar-refractivity contribution < 1.29 is 18.0 Å². The average molecular weight is 370 g/mol. The normalized spacial score (nSPS) is 11.7. The highest BCUT2D eigenvalue weighted by atomic mass is 32.2. The third-order valence-electron chi connectivity index (χ3n) is 4.03. The molecular weight excluding hydrogens is 352 g/mol. The number of anilines is 1. The van der Waals surface area contributed by atoms with E-state index in [0.717, 1.165) is 15.2 Å². The molecule has 0 bridgehead atoms. The molecule has 0 fully saturated rings. The molecule has 0 unspecified atom stereocenters. The van der Waals surface area contributed by atoms with Crippen molar-refractivity contribution in [1.29, 1.82) is 0 Å². The van der Waals surface area contributed by atoms with Gasteiger partial charge in [0.05, 0.1) is 12.0 Å². The predicted octanol–water partition coefficient (Wildman–Crippen LogP) is 3.27. The summed E-state index contributed by atoms with van der Waals surface area (Å²) in [6, 6.07) is 19.1. The van der Waals surface area contributed by atoms with Crippen molar-refractivity contribution in [1.82, 2.24) is 4.47 Å². The SMILES string of the molecule is CON(C)S(=O)(=O)c1cccc(C(=O)Nc2cccc3ccccc23)c1. The molecule has 26 heavy (non-hydrogen) atoms. The van der Waals surface area contributed by atoms with Crippen LogP contribution in [0.4, 0.5) is 5.69 Å². The Hall–Kier alpha value is -2.74. The maximum atomic E-state index is 12.6. The lowest BCUT2D eigenvalue weighted by molar-refractivity contribution is -0.0258. The van der Waals surface area contributed by atoms with Gasteiger partial charge in [-0.2, -0.15) is 0 Å². The zero-order valence-corrected chi connectivity index (χ0v) is 15.2. The van der Waals surface area contributed by atoms with Crippen molar-refractivity contribution in [3.63, 3.8) is 0 Å². The molecular formula is C19H18N2O4S. The van der Waals surface area contributed by atoms with Gasteiger partial charge >= 0.3 is 0 Å². The molecule has 0 saturated carbocycles. The Labute approximate surface area is 152 Å². The average Bonchev–Trinajstić information content (AvgIpc) is 2.67. The van der Waals surface area contributed by atoms with E-state index in [0.29, 0.717) is 5.69 Å². The maximum absolute atomic E-state index is 12.6. The number of carbonyl (C=O) groups excluding carboxylic acids is 1. The summed E-state index contributed by atoms with van der Waals surface area (Å²) in [5.74, 6) is -0.390. The summed E-state index contributed by atoms with van der Waals surface area (Å²) >= 11 is 0. The molecule has 0 aliphatic carbocycles. The Kier molecular flexibility index (Phi) is 5.03. The van der Waals surface area contributed by atoms with Gasteiger partial charge in [-0.1, -0.05) is 46.9 Å². The molecule has 134 valence electrons. The van der Waals surface area contributed by atoms with Crippen LogP contribution in [0.3, 0.4) is 0 Å². The smallest absolute Gasteiger partial charge is 0.264 e. The van der Waals surface area contributed by atoms with Gasteiger partial charge in [0.25, 0.3) is 15.9 Å². The minimum absolute atomic E-state index is 0.0209. The monoisotopic (exact) mass is 370 g/mol. The second-order valence-corrected chi connectivity index (χ2v) is 7.54. The molecule has 3 aromatic carbocycles. The van der Waals surface area contributed by atoms with Crippen LogP contribution < -0.4 is 5.32 Å². The second-order valence-electron chi connectivity index (χ2n) is 5.61. The number of fused-ring (bicyclic) bond motifs is 1. The van der Waals surface area contributed by atoms with Gasteiger partial charge in [0.15, 0.2) is 0 Å². The first-order valence-corrected chi connectivity index (χ1v) is 9.29. The van der Waals surface area contributed by atoms with E-state index >= 15 is 0 Å². The molecule has 0 saturated heterocycles. The largest absolute Gasteiger partial charge is 0.321 e. The van der Waals surface area contributed by atoms with Crippen LogP contribution in [-0.4, -0.2) is 33.0 Å². The van der Waals surface area contributed by atoms with Gasteiger partial charge in [0.2, 0.25) is 0 Å². The molecule has 1 amide bonds. The number of hydrogen-bond donors (Lipinski definition) is 1. The number of hydroxylamine groups is 1. The fourth-order valence-electron chi connectivity index (χ4n) is 2.57. The maximum Gasteiger partial charge on any atom is 0.264 e. The summed E-state index contributed by atoms with van der Waals surface area (Å²) in [6.07, 6.45) is 0. The van der Waals surface area contributed by atoms with Crippen molar-refractivity contribution in [2.24, 2.45) is 0 Å². The van der Waals surface area contributed by atoms with E-state index in [1.165, 1.54) is 32.4 Å². The van der Waals surface area contributed by atoms with Crippen LogP contribution in [0, 0.1) is 0 Å². The molecule has 0 aromatic heterocycles. The summed E-state index contributed by atoms with van der Waals surface area (Å²) in [6.45, 7) is 0. The summed E-state index contributed by atoms with van der Waals surface area (Å²) in [4.78, 5) is 17.4. The van der Waals surface area contributed by atoms with Crippen LogP contribution in [0.25, 0.3) is 10.8 Å². The lowest BCUT2D eigenvalue weighted by Gasteiger charge is -2.15.